The van der Waals surface area contributed by atoms with E-state index in [0.717, 1.165) is 17.8 Å². The summed E-state index contributed by atoms with van der Waals surface area (Å²) in [6.45, 7) is 1.27. The van der Waals surface area contributed by atoms with Crippen LogP contribution in [0, 0.1) is 0 Å². The Labute approximate surface area is 162 Å². The van der Waals surface area contributed by atoms with Gasteiger partial charge in [0.25, 0.3) is 10.0 Å². The van der Waals surface area contributed by atoms with Crippen LogP contribution >= 0.6 is 11.3 Å². The van der Waals surface area contributed by atoms with E-state index in [0.29, 0.717) is 24.4 Å². The highest BCUT2D eigenvalue weighted by Crippen LogP contribution is 2.23. The van der Waals surface area contributed by atoms with Crippen molar-refractivity contribution in [1.29, 1.82) is 0 Å². The number of hydrogen-bond donors (Lipinski definition) is 0. The van der Waals surface area contributed by atoms with Crippen molar-refractivity contribution in [2.24, 2.45) is 4.40 Å². The summed E-state index contributed by atoms with van der Waals surface area (Å²) in [7, 11) is -3.71. The lowest BCUT2D eigenvalue weighted by Gasteiger charge is -2.37. The van der Waals surface area contributed by atoms with Gasteiger partial charge in [0.15, 0.2) is 0 Å². The van der Waals surface area contributed by atoms with Crippen LogP contribution in [0.2, 0.25) is 0 Å². The van der Waals surface area contributed by atoms with E-state index in [-0.39, 0.29) is 10.1 Å². The molecular formula is C20H17N2O3S2-. The number of benzene rings is 1. The van der Waals surface area contributed by atoms with Crippen molar-refractivity contribution < 1.29 is 13.5 Å². The second-order valence-corrected chi connectivity index (χ2v) is 9.07. The molecule has 2 aliphatic rings. The Kier molecular flexibility index (Phi) is 4.72. The highest BCUT2D eigenvalue weighted by Gasteiger charge is 2.17. The van der Waals surface area contributed by atoms with Gasteiger partial charge in [-0.15, -0.1) is 11.3 Å². The standard InChI is InChI=1S/C20H18N2O3S2/c23-20(22-12-11-15-4-1-2-5-17(15)14-22)16-7-9-18(10-8-16)21-27(24,25)19-6-3-13-26-19/h1-10,13,23H,11-12,14H2/p-1. The summed E-state index contributed by atoms with van der Waals surface area (Å²) in [4.78, 5) is 1.82. The molecule has 1 aromatic carbocycles. The first-order valence-electron chi connectivity index (χ1n) is 8.50. The fourth-order valence-corrected chi connectivity index (χ4v) is 5.06. The second-order valence-electron chi connectivity index (χ2n) is 6.29. The quantitative estimate of drug-likeness (QED) is 0.747. The lowest BCUT2D eigenvalue weighted by molar-refractivity contribution is -0.335. The van der Waals surface area contributed by atoms with Gasteiger partial charge < -0.3 is 10.0 Å². The highest BCUT2D eigenvalue weighted by atomic mass is 32.2. The number of hydrogen-bond acceptors (Lipinski definition) is 5. The average molecular weight is 398 g/mol. The summed E-state index contributed by atoms with van der Waals surface area (Å²) in [6, 6.07) is 11.3. The Hall–Kier alpha value is -2.64. The lowest BCUT2D eigenvalue weighted by Crippen LogP contribution is -2.35. The lowest BCUT2D eigenvalue weighted by atomic mass is 9.99. The van der Waals surface area contributed by atoms with Gasteiger partial charge in [-0.3, -0.25) is 0 Å². The van der Waals surface area contributed by atoms with Crippen molar-refractivity contribution >= 4 is 27.1 Å². The number of allylic oxidation sites excluding steroid dienone is 5. The molecule has 138 valence electrons. The predicted molar refractivity (Wildman–Crippen MR) is 105 cm³/mol. The maximum Gasteiger partial charge on any atom is 0.292 e. The monoisotopic (exact) mass is 397 g/mol. The van der Waals surface area contributed by atoms with Crippen LogP contribution in [0.3, 0.4) is 0 Å². The molecule has 2 aromatic rings. The molecule has 1 aromatic heterocycles. The molecule has 0 spiro atoms. The SMILES string of the molecule is O=S(=O)(N=C1C=CC(=C([O-])N2CCc3ccccc3C2)C=C1)c1cccs1. The van der Waals surface area contributed by atoms with Gasteiger partial charge in [0.2, 0.25) is 0 Å². The third kappa shape index (κ3) is 3.74. The van der Waals surface area contributed by atoms with E-state index in [1.165, 1.54) is 17.2 Å². The van der Waals surface area contributed by atoms with E-state index in [1.54, 1.807) is 35.8 Å². The molecule has 0 fully saturated rings. The molecule has 0 N–H and O–H groups in total. The Morgan fingerprint density at radius 3 is 2.48 bits per heavy atom. The van der Waals surface area contributed by atoms with Gasteiger partial charge in [-0.2, -0.15) is 12.8 Å². The van der Waals surface area contributed by atoms with Crippen molar-refractivity contribution in [2.75, 3.05) is 6.54 Å². The van der Waals surface area contributed by atoms with E-state index < -0.39 is 10.0 Å². The summed E-state index contributed by atoms with van der Waals surface area (Å²) in [5.74, 6) is -0.0582. The Morgan fingerprint density at radius 2 is 1.78 bits per heavy atom. The molecule has 1 aliphatic heterocycles. The van der Waals surface area contributed by atoms with Crippen LogP contribution in [0.15, 0.2) is 86.1 Å². The second kappa shape index (κ2) is 7.17. The third-order valence-corrected chi connectivity index (χ3v) is 7.18. The third-order valence-electron chi connectivity index (χ3n) is 4.51. The van der Waals surface area contributed by atoms with Crippen LogP contribution in [-0.4, -0.2) is 25.6 Å². The molecule has 0 saturated carbocycles. The first-order valence-corrected chi connectivity index (χ1v) is 10.8. The topological polar surface area (TPSA) is 72.8 Å². The summed E-state index contributed by atoms with van der Waals surface area (Å²) in [6.07, 6.45) is 7.23. The fraction of sp³-hybridized carbons (Fsp3) is 0.150. The molecule has 7 heteroatoms. The van der Waals surface area contributed by atoms with Gasteiger partial charge in [-0.25, -0.2) is 0 Å². The largest absolute Gasteiger partial charge is 0.860 e. The van der Waals surface area contributed by atoms with Crippen LogP contribution < -0.4 is 5.11 Å². The van der Waals surface area contributed by atoms with E-state index in [9.17, 15) is 13.5 Å². The number of rotatable bonds is 3. The van der Waals surface area contributed by atoms with Crippen LogP contribution in [0.1, 0.15) is 11.1 Å². The fourth-order valence-electron chi connectivity index (χ4n) is 3.11. The molecule has 0 bridgehead atoms. The number of sulfonamides is 1. The maximum absolute atomic E-state index is 12.8. The zero-order valence-electron chi connectivity index (χ0n) is 14.4. The summed E-state index contributed by atoms with van der Waals surface area (Å²) in [5.41, 5.74) is 3.30. The maximum atomic E-state index is 12.8. The summed E-state index contributed by atoms with van der Waals surface area (Å²) < 4.78 is 28.5. The van der Waals surface area contributed by atoms with Crippen molar-refractivity contribution in [3.05, 3.63) is 88.7 Å². The Balaban J connectivity index is 1.53. The minimum absolute atomic E-state index is 0.0582. The minimum Gasteiger partial charge on any atom is -0.860 e. The van der Waals surface area contributed by atoms with Gasteiger partial charge in [0, 0.05) is 13.1 Å². The average Bonchev–Trinajstić information content (AvgIpc) is 3.23. The minimum atomic E-state index is -3.71. The molecule has 1 aliphatic carbocycles. The Bertz CT molecular complexity index is 1060. The van der Waals surface area contributed by atoms with E-state index in [2.05, 4.69) is 10.5 Å². The predicted octanol–water partition coefficient (Wildman–Crippen LogP) is 2.63. The molecule has 2 heterocycles. The molecule has 4 rings (SSSR count). The molecule has 5 nitrogen and oxygen atoms in total. The number of fused-ring (bicyclic) bond motifs is 1. The van der Waals surface area contributed by atoms with E-state index in [4.69, 9.17) is 0 Å². The van der Waals surface area contributed by atoms with Crippen LogP contribution in [0.25, 0.3) is 0 Å². The van der Waals surface area contributed by atoms with Gasteiger partial charge in [-0.1, -0.05) is 42.5 Å². The van der Waals surface area contributed by atoms with Crippen molar-refractivity contribution in [3.63, 3.8) is 0 Å². The normalized spacial score (nSPS) is 16.4. The Morgan fingerprint density at radius 1 is 1.04 bits per heavy atom. The van der Waals surface area contributed by atoms with Crippen molar-refractivity contribution in [1.82, 2.24) is 4.90 Å². The first kappa shape index (κ1) is 17.8. The van der Waals surface area contributed by atoms with Crippen LogP contribution in [0.4, 0.5) is 0 Å². The molecule has 27 heavy (non-hydrogen) atoms. The van der Waals surface area contributed by atoms with Gasteiger partial charge in [0.05, 0.1) is 5.71 Å². The molecule has 0 radical (unpaired) electrons. The van der Waals surface area contributed by atoms with E-state index >= 15 is 0 Å². The number of thiophene rings is 1. The molecule has 0 amide bonds. The van der Waals surface area contributed by atoms with Gasteiger partial charge in [-0.05, 0) is 52.6 Å². The zero-order chi connectivity index (χ0) is 18.9. The molecule has 0 saturated heterocycles. The summed E-state index contributed by atoms with van der Waals surface area (Å²) >= 11 is 1.13. The zero-order valence-corrected chi connectivity index (χ0v) is 16.0. The van der Waals surface area contributed by atoms with Gasteiger partial charge >= 0.3 is 0 Å². The summed E-state index contributed by atoms with van der Waals surface area (Å²) in [5, 5.41) is 14.5. The first-order chi connectivity index (χ1) is 13.0. The smallest absolute Gasteiger partial charge is 0.292 e. The van der Waals surface area contributed by atoms with Crippen LogP contribution in [-0.2, 0) is 23.0 Å². The molecule has 0 atom stereocenters. The molecule has 0 unspecified atom stereocenters. The van der Waals surface area contributed by atoms with Crippen molar-refractivity contribution in [3.8, 4) is 0 Å². The highest BCUT2D eigenvalue weighted by molar-refractivity contribution is 7.92. The molecular weight excluding hydrogens is 380 g/mol. The van der Waals surface area contributed by atoms with Crippen molar-refractivity contribution in [2.45, 2.75) is 17.2 Å². The van der Waals surface area contributed by atoms with E-state index in [1.807, 2.05) is 23.1 Å². The van der Waals surface area contributed by atoms with Gasteiger partial charge in [0.1, 0.15) is 4.21 Å². The number of nitrogens with zero attached hydrogens (tertiary/aromatic N) is 2. The van der Waals surface area contributed by atoms with Crippen LogP contribution in [0.5, 0.6) is 0 Å².